The average molecular weight is 464 g/mol. The predicted molar refractivity (Wildman–Crippen MR) is 125 cm³/mol. The first-order valence-electron chi connectivity index (χ1n) is 10.6. The fraction of sp³-hybridized carbons (Fsp3) is 0.192. The van der Waals surface area contributed by atoms with Crippen molar-refractivity contribution in [3.05, 3.63) is 100 Å². The van der Waals surface area contributed by atoms with Gasteiger partial charge in [-0.3, -0.25) is 9.78 Å². The summed E-state index contributed by atoms with van der Waals surface area (Å²) in [4.78, 5) is 23.4. The number of halogens is 3. The van der Waals surface area contributed by atoms with Crippen LogP contribution in [-0.2, 0) is 19.3 Å². The first kappa shape index (κ1) is 23.2. The van der Waals surface area contributed by atoms with E-state index in [9.17, 15) is 18.0 Å². The number of aromatic nitrogens is 2. The van der Waals surface area contributed by atoms with E-state index in [0.29, 0.717) is 22.6 Å². The number of aryl methyl sites for hydroxylation is 2. The summed E-state index contributed by atoms with van der Waals surface area (Å²) in [5.41, 5.74) is 9.30. The zero-order valence-corrected chi connectivity index (χ0v) is 18.7. The smallest absolute Gasteiger partial charge is 0.383 e. The number of nitrogens with two attached hydrogens (primary N) is 1. The van der Waals surface area contributed by atoms with Crippen LogP contribution in [0.5, 0.6) is 0 Å². The summed E-state index contributed by atoms with van der Waals surface area (Å²) in [5.74, 6) is 0.169. The molecule has 5 nitrogen and oxygen atoms in total. The van der Waals surface area contributed by atoms with E-state index in [1.165, 1.54) is 6.07 Å². The van der Waals surface area contributed by atoms with Gasteiger partial charge in [0.25, 0.3) is 5.91 Å². The summed E-state index contributed by atoms with van der Waals surface area (Å²) in [5, 5.41) is 0.779. The van der Waals surface area contributed by atoms with Crippen LogP contribution in [0.1, 0.15) is 38.3 Å². The van der Waals surface area contributed by atoms with Gasteiger partial charge in [0.1, 0.15) is 5.82 Å². The van der Waals surface area contributed by atoms with Crippen molar-refractivity contribution in [3.8, 4) is 0 Å². The highest BCUT2D eigenvalue weighted by molar-refractivity contribution is 5.98. The second-order valence-corrected chi connectivity index (χ2v) is 8.22. The van der Waals surface area contributed by atoms with Gasteiger partial charge in [0.15, 0.2) is 0 Å². The highest BCUT2D eigenvalue weighted by atomic mass is 19.4. The second-order valence-electron chi connectivity index (χ2n) is 8.22. The van der Waals surface area contributed by atoms with Gasteiger partial charge in [0, 0.05) is 23.7 Å². The number of carbonyl (C=O) groups is 1. The fourth-order valence-corrected chi connectivity index (χ4v) is 3.69. The molecular weight excluding hydrogens is 441 g/mol. The van der Waals surface area contributed by atoms with Crippen molar-refractivity contribution < 1.29 is 18.0 Å². The van der Waals surface area contributed by atoms with Crippen molar-refractivity contribution in [1.82, 2.24) is 14.9 Å². The van der Waals surface area contributed by atoms with Crippen LogP contribution in [0.4, 0.5) is 19.0 Å². The molecule has 0 aliphatic rings. The number of pyridine rings is 2. The Hall–Kier alpha value is -3.94. The first-order chi connectivity index (χ1) is 16.1. The molecule has 0 fully saturated rings. The van der Waals surface area contributed by atoms with Crippen molar-refractivity contribution in [2.75, 3.05) is 5.73 Å². The number of amides is 1. The van der Waals surface area contributed by atoms with Crippen molar-refractivity contribution in [2.24, 2.45) is 0 Å². The van der Waals surface area contributed by atoms with E-state index >= 15 is 0 Å². The SMILES string of the molecule is Cc1ccccc1CN(Cc1ccc(C(F)(F)F)cn1)C(=O)c1ccc2nc(N)c(C)cc2c1. The Morgan fingerprint density at radius 2 is 1.74 bits per heavy atom. The van der Waals surface area contributed by atoms with E-state index in [1.54, 1.807) is 23.1 Å². The van der Waals surface area contributed by atoms with Crippen LogP contribution >= 0.6 is 0 Å². The van der Waals surface area contributed by atoms with Gasteiger partial charge in [-0.15, -0.1) is 0 Å². The molecule has 174 valence electrons. The summed E-state index contributed by atoms with van der Waals surface area (Å²) in [6, 6.07) is 17.0. The molecule has 0 spiro atoms. The third kappa shape index (κ3) is 5.01. The van der Waals surface area contributed by atoms with Crippen molar-refractivity contribution in [1.29, 1.82) is 0 Å². The van der Waals surface area contributed by atoms with Crippen LogP contribution in [0.15, 0.2) is 66.9 Å². The maximum Gasteiger partial charge on any atom is 0.417 e. The van der Waals surface area contributed by atoms with E-state index in [2.05, 4.69) is 9.97 Å². The molecule has 0 aliphatic heterocycles. The Balaban J connectivity index is 1.68. The van der Waals surface area contributed by atoms with Gasteiger partial charge in [-0.25, -0.2) is 4.98 Å². The van der Waals surface area contributed by atoms with Crippen LogP contribution in [-0.4, -0.2) is 20.8 Å². The molecular formula is C26H23F3N4O. The highest BCUT2D eigenvalue weighted by Gasteiger charge is 2.30. The summed E-state index contributed by atoms with van der Waals surface area (Å²) < 4.78 is 38.8. The number of fused-ring (bicyclic) bond motifs is 1. The van der Waals surface area contributed by atoms with Gasteiger partial charge < -0.3 is 10.6 Å². The summed E-state index contributed by atoms with van der Waals surface area (Å²) in [6.07, 6.45) is -3.68. The maximum absolute atomic E-state index is 13.6. The number of nitrogen functional groups attached to an aromatic ring is 1. The minimum absolute atomic E-state index is 0.0579. The van der Waals surface area contributed by atoms with Crippen molar-refractivity contribution >= 4 is 22.6 Å². The molecule has 1 amide bonds. The topological polar surface area (TPSA) is 72.1 Å². The summed E-state index contributed by atoms with van der Waals surface area (Å²) in [6.45, 7) is 4.13. The third-order valence-corrected chi connectivity index (χ3v) is 5.71. The molecule has 0 atom stereocenters. The highest BCUT2D eigenvalue weighted by Crippen LogP contribution is 2.29. The normalized spacial score (nSPS) is 11.6. The number of benzene rings is 2. The van der Waals surface area contributed by atoms with Crippen LogP contribution in [0.2, 0.25) is 0 Å². The van der Waals surface area contributed by atoms with Gasteiger partial charge in [0.05, 0.1) is 23.3 Å². The standard InChI is InChI=1S/C26H23F3N4O/c1-16-5-3-4-6-19(16)14-33(15-22-9-8-21(13-31-22)26(27,28)29)25(34)18-7-10-23-20(12-18)11-17(2)24(30)32-23/h3-13H,14-15H2,1-2H3,(H2,30,32). The molecule has 2 heterocycles. The van der Waals surface area contributed by atoms with Gasteiger partial charge in [-0.2, -0.15) is 13.2 Å². The zero-order valence-electron chi connectivity index (χ0n) is 18.7. The Kier molecular flexibility index (Phi) is 6.24. The monoisotopic (exact) mass is 464 g/mol. The van der Waals surface area contributed by atoms with Crippen LogP contribution < -0.4 is 5.73 Å². The third-order valence-electron chi connectivity index (χ3n) is 5.71. The van der Waals surface area contributed by atoms with E-state index in [0.717, 1.165) is 34.3 Å². The summed E-state index contributed by atoms with van der Waals surface area (Å²) >= 11 is 0. The molecule has 0 aliphatic carbocycles. The largest absolute Gasteiger partial charge is 0.417 e. The lowest BCUT2D eigenvalue weighted by Crippen LogP contribution is -2.30. The molecule has 0 bridgehead atoms. The van der Waals surface area contributed by atoms with Crippen molar-refractivity contribution in [3.63, 3.8) is 0 Å². The van der Waals surface area contributed by atoms with Gasteiger partial charge in [0.2, 0.25) is 0 Å². The van der Waals surface area contributed by atoms with E-state index in [-0.39, 0.29) is 19.0 Å². The van der Waals surface area contributed by atoms with Gasteiger partial charge >= 0.3 is 6.18 Å². The number of hydrogen-bond acceptors (Lipinski definition) is 4. The maximum atomic E-state index is 13.6. The summed E-state index contributed by atoms with van der Waals surface area (Å²) in [7, 11) is 0. The number of anilines is 1. The lowest BCUT2D eigenvalue weighted by molar-refractivity contribution is -0.137. The number of carbonyl (C=O) groups excluding carboxylic acids is 1. The average Bonchev–Trinajstić information content (AvgIpc) is 2.80. The lowest BCUT2D eigenvalue weighted by atomic mass is 10.1. The molecule has 2 aromatic carbocycles. The van der Waals surface area contributed by atoms with E-state index in [1.807, 2.05) is 44.2 Å². The van der Waals surface area contributed by atoms with Gasteiger partial charge in [-0.05, 0) is 66.9 Å². The van der Waals surface area contributed by atoms with Crippen molar-refractivity contribution in [2.45, 2.75) is 33.1 Å². The number of nitrogens with zero attached hydrogens (tertiary/aromatic N) is 3. The van der Waals surface area contributed by atoms with E-state index < -0.39 is 11.7 Å². The molecule has 34 heavy (non-hydrogen) atoms. The minimum atomic E-state index is -4.47. The fourth-order valence-electron chi connectivity index (χ4n) is 3.69. The molecule has 4 aromatic rings. The molecule has 0 radical (unpaired) electrons. The number of rotatable bonds is 5. The molecule has 0 saturated heterocycles. The first-order valence-corrected chi connectivity index (χ1v) is 10.6. The molecule has 8 heteroatoms. The Bertz CT molecular complexity index is 1350. The Morgan fingerprint density at radius 3 is 2.41 bits per heavy atom. The Morgan fingerprint density at radius 1 is 0.971 bits per heavy atom. The molecule has 2 aromatic heterocycles. The quantitative estimate of drug-likeness (QED) is 0.412. The van der Waals surface area contributed by atoms with E-state index in [4.69, 9.17) is 5.73 Å². The lowest BCUT2D eigenvalue weighted by Gasteiger charge is -2.24. The van der Waals surface area contributed by atoms with Crippen LogP contribution in [0.25, 0.3) is 10.9 Å². The molecule has 2 N–H and O–H groups in total. The second kappa shape index (κ2) is 9.13. The molecule has 0 unspecified atom stereocenters. The minimum Gasteiger partial charge on any atom is -0.383 e. The predicted octanol–water partition coefficient (Wildman–Crippen LogP) is 5.69. The Labute approximate surface area is 195 Å². The number of hydrogen-bond donors (Lipinski definition) is 1. The van der Waals surface area contributed by atoms with Gasteiger partial charge in [-0.1, -0.05) is 24.3 Å². The molecule has 4 rings (SSSR count). The van der Waals surface area contributed by atoms with Crippen LogP contribution in [0.3, 0.4) is 0 Å². The zero-order chi connectivity index (χ0) is 24.5. The van der Waals surface area contributed by atoms with Crippen LogP contribution in [0, 0.1) is 13.8 Å². The number of alkyl halides is 3. The molecule has 0 saturated carbocycles.